The molecule has 0 fully saturated rings. The lowest BCUT2D eigenvalue weighted by Gasteiger charge is -2.27. The van der Waals surface area contributed by atoms with Gasteiger partial charge >= 0.3 is 8.56 Å². The zero-order valence-electron chi connectivity index (χ0n) is 13.4. The van der Waals surface area contributed by atoms with Gasteiger partial charge in [0, 0.05) is 13.2 Å². The molecule has 0 bridgehead atoms. The van der Waals surface area contributed by atoms with Crippen LogP contribution in [0.2, 0.25) is 6.55 Å². The molecule has 1 aromatic carbocycles. The highest BCUT2D eigenvalue weighted by atomic mass is 28.4. The Hall–Kier alpha value is -0.643. The maximum Gasteiger partial charge on any atom is 0.369 e. The van der Waals surface area contributed by atoms with E-state index in [1.165, 1.54) is 30.9 Å². The van der Waals surface area contributed by atoms with Crippen molar-refractivity contribution < 1.29 is 8.85 Å². The Morgan fingerprint density at radius 2 is 1.30 bits per heavy atom. The molecule has 1 rings (SSSR count). The van der Waals surface area contributed by atoms with Gasteiger partial charge in [0.1, 0.15) is 0 Å². The average molecular weight is 295 g/mol. The molecule has 0 aromatic heterocycles. The fraction of sp³-hybridized carbons (Fsp3) is 0.647. The van der Waals surface area contributed by atoms with Gasteiger partial charge in [0.15, 0.2) is 0 Å². The van der Waals surface area contributed by atoms with Gasteiger partial charge < -0.3 is 8.85 Å². The van der Waals surface area contributed by atoms with Gasteiger partial charge in [0.25, 0.3) is 0 Å². The third-order valence-electron chi connectivity index (χ3n) is 3.55. The van der Waals surface area contributed by atoms with Crippen LogP contribution >= 0.6 is 0 Å². The summed E-state index contributed by atoms with van der Waals surface area (Å²) >= 11 is 0. The standard InChI is InChI=1S/C17H30O2Si/c1-4-6-11-15-18-20(3,19-16-12-7-5-2)17-13-9-8-10-14-17/h8-10,13-14H,4-7,11-12,15-16H2,1-3H3. The molecule has 2 nitrogen and oxygen atoms in total. The van der Waals surface area contributed by atoms with Crippen molar-refractivity contribution in [3.05, 3.63) is 30.3 Å². The number of hydrogen-bond donors (Lipinski definition) is 0. The second-order valence-electron chi connectivity index (χ2n) is 5.42. The van der Waals surface area contributed by atoms with Crippen molar-refractivity contribution in [2.45, 2.75) is 58.9 Å². The van der Waals surface area contributed by atoms with Crippen LogP contribution in [0.5, 0.6) is 0 Å². The summed E-state index contributed by atoms with van der Waals surface area (Å²) < 4.78 is 12.4. The van der Waals surface area contributed by atoms with Crippen LogP contribution < -0.4 is 5.19 Å². The van der Waals surface area contributed by atoms with Gasteiger partial charge in [-0.3, -0.25) is 0 Å². The van der Waals surface area contributed by atoms with E-state index < -0.39 is 8.56 Å². The molecule has 0 aliphatic rings. The summed E-state index contributed by atoms with van der Waals surface area (Å²) in [6.07, 6.45) is 7.17. The summed E-state index contributed by atoms with van der Waals surface area (Å²) in [5.41, 5.74) is 0. The molecule has 3 heteroatoms. The molecule has 0 spiro atoms. The van der Waals surface area contributed by atoms with Crippen LogP contribution in [0.3, 0.4) is 0 Å². The molecule has 0 saturated carbocycles. The molecule has 0 heterocycles. The Kier molecular flexibility index (Phi) is 8.82. The number of benzene rings is 1. The van der Waals surface area contributed by atoms with Crippen LogP contribution in [0.25, 0.3) is 0 Å². The summed E-state index contributed by atoms with van der Waals surface area (Å²) in [6, 6.07) is 10.5. The first-order valence-electron chi connectivity index (χ1n) is 8.06. The van der Waals surface area contributed by atoms with Crippen LogP contribution in [0, 0.1) is 0 Å². The Morgan fingerprint density at radius 1 is 0.800 bits per heavy atom. The Balaban J connectivity index is 2.57. The predicted octanol–water partition coefficient (Wildman–Crippen LogP) is 4.38. The highest BCUT2D eigenvalue weighted by Gasteiger charge is 2.33. The number of rotatable bonds is 11. The quantitative estimate of drug-likeness (QED) is 0.445. The van der Waals surface area contributed by atoms with E-state index in [2.05, 4.69) is 44.7 Å². The largest absolute Gasteiger partial charge is 0.391 e. The van der Waals surface area contributed by atoms with Gasteiger partial charge in [-0.2, -0.15) is 0 Å². The summed E-state index contributed by atoms with van der Waals surface area (Å²) in [6.45, 7) is 8.25. The zero-order chi connectivity index (χ0) is 14.7. The first-order chi connectivity index (χ1) is 9.73. The van der Waals surface area contributed by atoms with E-state index in [1.807, 2.05) is 6.07 Å². The van der Waals surface area contributed by atoms with Crippen molar-refractivity contribution in [3.8, 4) is 0 Å². The first kappa shape index (κ1) is 17.4. The summed E-state index contributed by atoms with van der Waals surface area (Å²) in [5, 5.41) is 1.24. The molecule has 20 heavy (non-hydrogen) atoms. The fourth-order valence-electron chi connectivity index (χ4n) is 2.19. The molecule has 0 amide bonds. The van der Waals surface area contributed by atoms with Crippen LogP contribution in [-0.4, -0.2) is 21.8 Å². The summed E-state index contributed by atoms with van der Waals surface area (Å²) in [7, 11) is -2.23. The number of unbranched alkanes of at least 4 members (excludes halogenated alkanes) is 4. The molecule has 114 valence electrons. The van der Waals surface area contributed by atoms with Gasteiger partial charge in [-0.25, -0.2) is 0 Å². The van der Waals surface area contributed by atoms with Gasteiger partial charge in [0.2, 0.25) is 0 Å². The van der Waals surface area contributed by atoms with Crippen LogP contribution in [-0.2, 0) is 8.85 Å². The lowest BCUT2D eigenvalue weighted by molar-refractivity contribution is 0.179. The smallest absolute Gasteiger partial charge is 0.369 e. The maximum absolute atomic E-state index is 6.21. The monoisotopic (exact) mass is 294 g/mol. The minimum atomic E-state index is -2.23. The minimum Gasteiger partial charge on any atom is -0.391 e. The molecule has 0 aliphatic heterocycles. The van der Waals surface area contributed by atoms with E-state index in [0.717, 1.165) is 26.1 Å². The van der Waals surface area contributed by atoms with Crippen molar-refractivity contribution in [1.29, 1.82) is 0 Å². The van der Waals surface area contributed by atoms with E-state index in [4.69, 9.17) is 8.85 Å². The Bertz CT molecular complexity index is 328. The molecular weight excluding hydrogens is 264 g/mol. The van der Waals surface area contributed by atoms with Crippen LogP contribution in [0.1, 0.15) is 52.4 Å². The van der Waals surface area contributed by atoms with E-state index in [1.54, 1.807) is 0 Å². The van der Waals surface area contributed by atoms with Crippen LogP contribution in [0.4, 0.5) is 0 Å². The predicted molar refractivity (Wildman–Crippen MR) is 88.6 cm³/mol. The highest BCUT2D eigenvalue weighted by molar-refractivity contribution is 6.79. The summed E-state index contributed by atoms with van der Waals surface area (Å²) in [4.78, 5) is 0. The van der Waals surface area contributed by atoms with Crippen molar-refractivity contribution in [2.24, 2.45) is 0 Å². The second kappa shape index (κ2) is 10.1. The highest BCUT2D eigenvalue weighted by Crippen LogP contribution is 2.11. The average Bonchev–Trinajstić information content (AvgIpc) is 2.49. The van der Waals surface area contributed by atoms with Crippen molar-refractivity contribution in [3.63, 3.8) is 0 Å². The van der Waals surface area contributed by atoms with E-state index in [-0.39, 0.29) is 0 Å². The van der Waals surface area contributed by atoms with Crippen molar-refractivity contribution in [1.82, 2.24) is 0 Å². The van der Waals surface area contributed by atoms with Gasteiger partial charge in [0.05, 0.1) is 0 Å². The lowest BCUT2D eigenvalue weighted by atomic mass is 10.3. The second-order valence-corrected chi connectivity index (χ2v) is 8.47. The number of hydrogen-bond acceptors (Lipinski definition) is 2. The van der Waals surface area contributed by atoms with E-state index in [9.17, 15) is 0 Å². The topological polar surface area (TPSA) is 18.5 Å². The van der Waals surface area contributed by atoms with Gasteiger partial charge in [-0.1, -0.05) is 69.9 Å². The third-order valence-corrected chi connectivity index (χ3v) is 6.44. The first-order valence-corrected chi connectivity index (χ1v) is 10.4. The van der Waals surface area contributed by atoms with E-state index in [0.29, 0.717) is 0 Å². The molecular formula is C17H30O2Si. The molecule has 0 aliphatic carbocycles. The molecule has 0 unspecified atom stereocenters. The summed E-state index contributed by atoms with van der Waals surface area (Å²) in [5.74, 6) is 0. The van der Waals surface area contributed by atoms with Crippen molar-refractivity contribution in [2.75, 3.05) is 13.2 Å². The Morgan fingerprint density at radius 3 is 1.75 bits per heavy atom. The van der Waals surface area contributed by atoms with Gasteiger partial charge in [-0.05, 0) is 24.6 Å². The maximum atomic E-state index is 6.21. The SMILES string of the molecule is CCCCCO[Si](C)(OCCCCC)c1ccccc1. The lowest BCUT2D eigenvalue weighted by Crippen LogP contribution is -2.51. The van der Waals surface area contributed by atoms with Crippen molar-refractivity contribution >= 4 is 13.7 Å². The normalized spacial score (nSPS) is 11.8. The fourth-order valence-corrected chi connectivity index (χ4v) is 4.47. The zero-order valence-corrected chi connectivity index (χ0v) is 14.4. The van der Waals surface area contributed by atoms with Crippen LogP contribution in [0.15, 0.2) is 30.3 Å². The third kappa shape index (κ3) is 6.20. The minimum absolute atomic E-state index is 0.819. The van der Waals surface area contributed by atoms with E-state index >= 15 is 0 Å². The van der Waals surface area contributed by atoms with Gasteiger partial charge in [-0.15, -0.1) is 0 Å². The Labute approximate surface area is 125 Å². The molecule has 0 saturated heterocycles. The molecule has 1 aromatic rings. The molecule has 0 atom stereocenters. The molecule has 0 N–H and O–H groups in total. The molecule has 0 radical (unpaired) electrons.